The molecule has 0 radical (unpaired) electrons. The molecule has 0 aliphatic rings. The fourth-order valence-electron chi connectivity index (χ4n) is 2.60. The zero-order valence-electron chi connectivity index (χ0n) is 15.5. The van der Waals surface area contributed by atoms with Crippen LogP contribution in [-0.2, 0) is 4.79 Å². The number of thioether (sulfide) groups is 1. The van der Waals surface area contributed by atoms with Crippen molar-refractivity contribution in [2.24, 2.45) is 0 Å². The number of nitrogens with zero attached hydrogens (tertiary/aromatic N) is 5. The van der Waals surface area contributed by atoms with Crippen molar-refractivity contribution in [3.63, 3.8) is 0 Å². The number of aryl methyl sites for hydroxylation is 2. The van der Waals surface area contributed by atoms with E-state index in [4.69, 9.17) is 4.52 Å². The van der Waals surface area contributed by atoms with Gasteiger partial charge in [0.15, 0.2) is 5.82 Å². The maximum Gasteiger partial charge on any atom is 0.239 e. The van der Waals surface area contributed by atoms with Crippen molar-refractivity contribution in [2.75, 3.05) is 5.32 Å². The molecule has 0 saturated carbocycles. The monoisotopic (exact) mass is 386 g/mol. The van der Waals surface area contributed by atoms with Crippen LogP contribution in [0.1, 0.15) is 37.5 Å². The van der Waals surface area contributed by atoms with Gasteiger partial charge in [0.05, 0.1) is 10.9 Å². The third-order valence-electron chi connectivity index (χ3n) is 4.02. The summed E-state index contributed by atoms with van der Waals surface area (Å²) in [6, 6.07) is 9.55. The van der Waals surface area contributed by atoms with E-state index in [1.54, 1.807) is 17.7 Å². The number of carbonyl (C=O) groups is 1. The largest absolute Gasteiger partial charge is 0.360 e. The Kier molecular flexibility index (Phi) is 6.23. The van der Waals surface area contributed by atoms with Gasteiger partial charge < -0.3 is 9.84 Å². The van der Waals surface area contributed by atoms with Gasteiger partial charge in [0.2, 0.25) is 11.1 Å². The fraction of sp³-hybridized carbons (Fsp3) is 0.389. The molecule has 3 aromatic rings. The SMILES string of the molecule is CCCC[C@H](Sc1nnnn1-c1ccccc1C)C(=O)Nc1cc(C)on1. The molecule has 9 heteroatoms. The zero-order valence-corrected chi connectivity index (χ0v) is 16.4. The summed E-state index contributed by atoms with van der Waals surface area (Å²) < 4.78 is 6.69. The predicted molar refractivity (Wildman–Crippen MR) is 103 cm³/mol. The molecular formula is C18H22N6O2S. The van der Waals surface area contributed by atoms with E-state index in [0.29, 0.717) is 23.2 Å². The summed E-state index contributed by atoms with van der Waals surface area (Å²) in [6.07, 6.45) is 2.63. The number of hydrogen-bond donors (Lipinski definition) is 1. The summed E-state index contributed by atoms with van der Waals surface area (Å²) in [7, 11) is 0. The summed E-state index contributed by atoms with van der Waals surface area (Å²) in [4.78, 5) is 12.8. The molecule has 1 atom stereocenters. The molecule has 0 saturated heterocycles. The van der Waals surface area contributed by atoms with Crippen molar-refractivity contribution >= 4 is 23.5 Å². The lowest BCUT2D eigenvalue weighted by Crippen LogP contribution is -2.26. The Morgan fingerprint density at radius 1 is 1.33 bits per heavy atom. The molecule has 27 heavy (non-hydrogen) atoms. The van der Waals surface area contributed by atoms with Gasteiger partial charge in [-0.1, -0.05) is 54.9 Å². The van der Waals surface area contributed by atoms with E-state index in [1.165, 1.54) is 11.8 Å². The van der Waals surface area contributed by atoms with E-state index in [2.05, 4.69) is 32.9 Å². The Morgan fingerprint density at radius 2 is 2.15 bits per heavy atom. The van der Waals surface area contributed by atoms with E-state index in [-0.39, 0.29) is 11.2 Å². The minimum Gasteiger partial charge on any atom is -0.360 e. The number of tetrazole rings is 1. The van der Waals surface area contributed by atoms with E-state index in [0.717, 1.165) is 24.1 Å². The first-order valence-corrected chi connectivity index (χ1v) is 9.71. The number of rotatable bonds is 8. The number of nitrogens with one attached hydrogen (secondary N) is 1. The topological polar surface area (TPSA) is 98.7 Å². The highest BCUT2D eigenvalue weighted by atomic mass is 32.2. The van der Waals surface area contributed by atoms with Crippen LogP contribution in [0.4, 0.5) is 5.82 Å². The number of benzene rings is 1. The van der Waals surface area contributed by atoms with Crippen molar-refractivity contribution in [1.29, 1.82) is 0 Å². The van der Waals surface area contributed by atoms with Crippen LogP contribution >= 0.6 is 11.8 Å². The Morgan fingerprint density at radius 3 is 2.85 bits per heavy atom. The first-order valence-electron chi connectivity index (χ1n) is 8.83. The maximum absolute atomic E-state index is 12.8. The van der Waals surface area contributed by atoms with Crippen LogP contribution in [0.2, 0.25) is 0 Å². The third kappa shape index (κ3) is 4.73. The Balaban J connectivity index is 1.80. The number of amides is 1. The maximum atomic E-state index is 12.8. The van der Waals surface area contributed by atoms with Crippen molar-refractivity contribution in [3.8, 4) is 5.69 Å². The van der Waals surface area contributed by atoms with Gasteiger partial charge in [-0.2, -0.15) is 4.68 Å². The van der Waals surface area contributed by atoms with Gasteiger partial charge in [-0.15, -0.1) is 5.10 Å². The molecule has 2 heterocycles. The molecule has 8 nitrogen and oxygen atoms in total. The molecule has 0 bridgehead atoms. The zero-order chi connectivity index (χ0) is 19.2. The molecular weight excluding hydrogens is 364 g/mol. The highest BCUT2D eigenvalue weighted by molar-refractivity contribution is 8.00. The van der Waals surface area contributed by atoms with Crippen molar-refractivity contribution in [2.45, 2.75) is 50.4 Å². The minimum absolute atomic E-state index is 0.138. The molecule has 0 aliphatic heterocycles. The van der Waals surface area contributed by atoms with Gasteiger partial charge in [0.1, 0.15) is 5.76 Å². The van der Waals surface area contributed by atoms with Gasteiger partial charge in [-0.3, -0.25) is 4.79 Å². The second kappa shape index (κ2) is 8.81. The molecule has 0 unspecified atom stereocenters. The van der Waals surface area contributed by atoms with E-state index in [1.807, 2.05) is 31.2 Å². The van der Waals surface area contributed by atoms with Crippen molar-refractivity contribution in [1.82, 2.24) is 25.4 Å². The number of unbranched alkanes of at least 4 members (excludes halogenated alkanes) is 1. The van der Waals surface area contributed by atoms with Crippen molar-refractivity contribution in [3.05, 3.63) is 41.7 Å². The lowest BCUT2D eigenvalue weighted by Gasteiger charge is -2.15. The summed E-state index contributed by atoms with van der Waals surface area (Å²) in [6.45, 7) is 5.87. The predicted octanol–water partition coefficient (Wildman–Crippen LogP) is 3.56. The van der Waals surface area contributed by atoms with Crippen LogP contribution in [0.5, 0.6) is 0 Å². The number of aromatic nitrogens is 5. The van der Waals surface area contributed by atoms with Gasteiger partial charge >= 0.3 is 0 Å². The molecule has 0 fully saturated rings. The summed E-state index contributed by atoms with van der Waals surface area (Å²) >= 11 is 1.36. The Labute approximate surface area is 161 Å². The lowest BCUT2D eigenvalue weighted by atomic mass is 10.2. The summed E-state index contributed by atoms with van der Waals surface area (Å²) in [5.74, 6) is 0.922. The lowest BCUT2D eigenvalue weighted by molar-refractivity contribution is -0.115. The molecule has 3 rings (SSSR count). The van der Waals surface area contributed by atoms with Gasteiger partial charge in [-0.05, 0) is 42.3 Å². The second-order valence-electron chi connectivity index (χ2n) is 6.22. The van der Waals surface area contributed by atoms with Crippen LogP contribution < -0.4 is 5.32 Å². The van der Waals surface area contributed by atoms with E-state index >= 15 is 0 Å². The molecule has 0 aliphatic carbocycles. The molecule has 0 spiro atoms. The highest BCUT2D eigenvalue weighted by Gasteiger charge is 2.24. The van der Waals surface area contributed by atoms with Crippen LogP contribution in [-0.4, -0.2) is 36.5 Å². The van der Waals surface area contributed by atoms with Crippen LogP contribution in [0.25, 0.3) is 5.69 Å². The normalized spacial score (nSPS) is 12.1. The quantitative estimate of drug-likeness (QED) is 0.591. The molecule has 1 aromatic carbocycles. The molecule has 1 amide bonds. The van der Waals surface area contributed by atoms with Crippen LogP contribution in [0.3, 0.4) is 0 Å². The van der Waals surface area contributed by atoms with E-state index in [9.17, 15) is 4.79 Å². The summed E-state index contributed by atoms with van der Waals surface area (Å²) in [5, 5.41) is 18.9. The van der Waals surface area contributed by atoms with Crippen molar-refractivity contribution < 1.29 is 9.32 Å². The number of anilines is 1. The molecule has 2 aromatic heterocycles. The standard InChI is InChI=1S/C18H22N6O2S/c1-4-5-10-15(17(25)19-16-11-13(3)26-21-16)27-18-20-22-23-24(18)14-9-7-6-8-12(14)2/h6-9,11,15H,4-5,10H2,1-3H3,(H,19,21,25)/t15-/m0/s1. The van der Waals surface area contributed by atoms with Crippen LogP contribution in [0.15, 0.2) is 40.0 Å². The highest BCUT2D eigenvalue weighted by Crippen LogP contribution is 2.28. The number of hydrogen-bond acceptors (Lipinski definition) is 7. The Hall–Kier alpha value is -2.68. The second-order valence-corrected chi connectivity index (χ2v) is 7.39. The Bertz CT molecular complexity index is 907. The third-order valence-corrected chi connectivity index (χ3v) is 5.22. The van der Waals surface area contributed by atoms with Gasteiger partial charge in [-0.25, -0.2) is 0 Å². The minimum atomic E-state index is -0.337. The smallest absolute Gasteiger partial charge is 0.239 e. The molecule has 142 valence electrons. The first-order chi connectivity index (χ1) is 13.1. The average Bonchev–Trinajstić information content (AvgIpc) is 3.27. The number of para-hydroxylation sites is 1. The molecule has 1 N–H and O–H groups in total. The fourth-order valence-corrected chi connectivity index (χ4v) is 3.62. The first kappa shape index (κ1) is 19.1. The van der Waals surface area contributed by atoms with Gasteiger partial charge in [0.25, 0.3) is 0 Å². The van der Waals surface area contributed by atoms with E-state index < -0.39 is 0 Å². The van der Waals surface area contributed by atoms with Crippen LogP contribution in [0, 0.1) is 13.8 Å². The summed E-state index contributed by atoms with van der Waals surface area (Å²) in [5.41, 5.74) is 1.95. The average molecular weight is 386 g/mol. The van der Waals surface area contributed by atoms with Gasteiger partial charge in [0, 0.05) is 6.07 Å². The number of carbonyl (C=O) groups excluding carboxylic acids is 1.